The molecule has 0 aliphatic rings. The molecule has 1 atom stereocenters. The maximum atomic E-state index is 13.0. The topological polar surface area (TPSA) is 25.2 Å². The second-order valence-corrected chi connectivity index (χ2v) is 4.68. The van der Waals surface area contributed by atoms with Gasteiger partial charge in [-0.1, -0.05) is 19.1 Å². The fourth-order valence-electron chi connectivity index (χ4n) is 2.14. The van der Waals surface area contributed by atoms with E-state index in [1.54, 1.807) is 6.26 Å². The van der Waals surface area contributed by atoms with Gasteiger partial charge >= 0.3 is 0 Å². The Balaban J connectivity index is 2.00. The molecule has 19 heavy (non-hydrogen) atoms. The Hall–Kier alpha value is -1.61. The van der Waals surface area contributed by atoms with E-state index >= 15 is 0 Å². The molecule has 2 aromatic rings. The summed E-state index contributed by atoms with van der Waals surface area (Å²) in [7, 11) is 0. The Morgan fingerprint density at radius 2 is 2.00 bits per heavy atom. The van der Waals surface area contributed by atoms with Crippen LogP contribution in [0.4, 0.5) is 4.39 Å². The highest BCUT2D eigenvalue weighted by Gasteiger charge is 2.11. The molecule has 0 amide bonds. The van der Waals surface area contributed by atoms with E-state index in [9.17, 15) is 4.39 Å². The zero-order valence-electron chi connectivity index (χ0n) is 11.2. The fraction of sp³-hybridized carbons (Fsp3) is 0.375. The van der Waals surface area contributed by atoms with Crippen molar-refractivity contribution in [2.24, 2.45) is 0 Å². The zero-order chi connectivity index (χ0) is 13.5. The maximum Gasteiger partial charge on any atom is 0.123 e. The summed E-state index contributed by atoms with van der Waals surface area (Å²) in [6, 6.07) is 10.9. The number of furan rings is 1. The van der Waals surface area contributed by atoms with Gasteiger partial charge in [0, 0.05) is 12.5 Å². The molecule has 1 unspecified atom stereocenters. The second kappa shape index (κ2) is 7.10. The van der Waals surface area contributed by atoms with Crippen LogP contribution >= 0.6 is 0 Å². The van der Waals surface area contributed by atoms with Gasteiger partial charge < -0.3 is 9.73 Å². The summed E-state index contributed by atoms with van der Waals surface area (Å²) < 4.78 is 18.3. The van der Waals surface area contributed by atoms with E-state index in [1.165, 1.54) is 12.1 Å². The van der Waals surface area contributed by atoms with Gasteiger partial charge in [0.2, 0.25) is 0 Å². The first kappa shape index (κ1) is 13.8. The molecule has 102 valence electrons. The summed E-state index contributed by atoms with van der Waals surface area (Å²) in [5.41, 5.74) is 1.13. The predicted octanol–water partition coefficient (Wildman–Crippen LogP) is 4.09. The summed E-state index contributed by atoms with van der Waals surface area (Å²) >= 11 is 0. The Morgan fingerprint density at radius 3 is 2.63 bits per heavy atom. The number of benzene rings is 1. The van der Waals surface area contributed by atoms with E-state index < -0.39 is 0 Å². The number of nitrogens with one attached hydrogen (secondary N) is 1. The minimum Gasteiger partial charge on any atom is -0.469 e. The van der Waals surface area contributed by atoms with Gasteiger partial charge in [-0.3, -0.25) is 0 Å². The molecule has 2 rings (SSSR count). The normalized spacial score (nSPS) is 12.5. The summed E-state index contributed by atoms with van der Waals surface area (Å²) in [5.74, 6) is 0.800. The molecule has 2 nitrogen and oxygen atoms in total. The van der Waals surface area contributed by atoms with Crippen LogP contribution in [0.2, 0.25) is 0 Å². The molecule has 0 aliphatic heterocycles. The molecule has 3 heteroatoms. The molecule has 1 aromatic heterocycles. The van der Waals surface area contributed by atoms with Crippen molar-refractivity contribution in [1.29, 1.82) is 0 Å². The number of hydrogen-bond acceptors (Lipinski definition) is 2. The fourth-order valence-corrected chi connectivity index (χ4v) is 2.14. The summed E-state index contributed by atoms with van der Waals surface area (Å²) in [4.78, 5) is 0. The quantitative estimate of drug-likeness (QED) is 0.812. The Labute approximate surface area is 113 Å². The third kappa shape index (κ3) is 4.21. The van der Waals surface area contributed by atoms with Crippen LogP contribution in [0.15, 0.2) is 47.1 Å². The summed E-state index contributed by atoms with van der Waals surface area (Å²) in [5, 5.41) is 3.50. The monoisotopic (exact) mass is 261 g/mol. The molecule has 0 aliphatic carbocycles. The average molecular weight is 261 g/mol. The lowest BCUT2D eigenvalue weighted by Crippen LogP contribution is -2.22. The molecule has 0 saturated heterocycles. The Morgan fingerprint density at radius 1 is 1.21 bits per heavy atom. The maximum absolute atomic E-state index is 13.0. The summed E-state index contributed by atoms with van der Waals surface area (Å²) in [6.07, 6.45) is 4.60. The standard InChI is InChI=1S/C16H20FNO/c1-2-11-18-16(10-9-15-4-3-12-19-15)13-5-7-14(17)8-6-13/h3-8,12,16,18H,2,9-11H2,1H3. The van der Waals surface area contributed by atoms with Crippen LogP contribution in [0.1, 0.15) is 37.1 Å². The zero-order valence-corrected chi connectivity index (χ0v) is 11.2. The minimum atomic E-state index is -0.191. The van der Waals surface area contributed by atoms with Crippen molar-refractivity contribution < 1.29 is 8.81 Å². The predicted molar refractivity (Wildman–Crippen MR) is 74.5 cm³/mol. The SMILES string of the molecule is CCCNC(CCc1ccco1)c1ccc(F)cc1. The van der Waals surface area contributed by atoms with E-state index in [0.29, 0.717) is 0 Å². The van der Waals surface area contributed by atoms with Crippen LogP contribution in [-0.2, 0) is 6.42 Å². The third-order valence-corrected chi connectivity index (χ3v) is 3.17. The van der Waals surface area contributed by atoms with Crippen LogP contribution in [-0.4, -0.2) is 6.54 Å². The van der Waals surface area contributed by atoms with E-state index in [0.717, 1.165) is 37.1 Å². The molecular weight excluding hydrogens is 241 g/mol. The molecule has 1 N–H and O–H groups in total. The van der Waals surface area contributed by atoms with Gasteiger partial charge in [0.05, 0.1) is 6.26 Å². The second-order valence-electron chi connectivity index (χ2n) is 4.68. The Kier molecular flexibility index (Phi) is 5.16. The molecular formula is C16H20FNO. The summed E-state index contributed by atoms with van der Waals surface area (Å²) in [6.45, 7) is 3.10. The molecule has 0 saturated carbocycles. The van der Waals surface area contributed by atoms with Crippen molar-refractivity contribution in [3.8, 4) is 0 Å². The van der Waals surface area contributed by atoms with Gasteiger partial charge in [-0.15, -0.1) is 0 Å². The molecule has 1 aromatic carbocycles. The van der Waals surface area contributed by atoms with E-state index in [-0.39, 0.29) is 11.9 Å². The van der Waals surface area contributed by atoms with Gasteiger partial charge in [0.1, 0.15) is 11.6 Å². The largest absolute Gasteiger partial charge is 0.469 e. The van der Waals surface area contributed by atoms with Gasteiger partial charge in [-0.25, -0.2) is 4.39 Å². The smallest absolute Gasteiger partial charge is 0.123 e. The number of hydrogen-bond donors (Lipinski definition) is 1. The number of aryl methyl sites for hydroxylation is 1. The highest BCUT2D eigenvalue weighted by Crippen LogP contribution is 2.20. The number of halogens is 1. The third-order valence-electron chi connectivity index (χ3n) is 3.17. The van der Waals surface area contributed by atoms with Crippen LogP contribution < -0.4 is 5.32 Å². The lowest BCUT2D eigenvalue weighted by atomic mass is 10.0. The molecule has 0 bridgehead atoms. The van der Waals surface area contributed by atoms with Crippen molar-refractivity contribution >= 4 is 0 Å². The number of rotatable bonds is 7. The van der Waals surface area contributed by atoms with Crippen molar-refractivity contribution in [1.82, 2.24) is 5.32 Å². The van der Waals surface area contributed by atoms with Crippen molar-refractivity contribution in [3.05, 3.63) is 59.8 Å². The highest BCUT2D eigenvalue weighted by molar-refractivity contribution is 5.20. The van der Waals surface area contributed by atoms with Crippen molar-refractivity contribution in [2.75, 3.05) is 6.54 Å². The lowest BCUT2D eigenvalue weighted by Gasteiger charge is -2.18. The van der Waals surface area contributed by atoms with Crippen LogP contribution in [0.25, 0.3) is 0 Å². The van der Waals surface area contributed by atoms with E-state index in [4.69, 9.17) is 4.42 Å². The van der Waals surface area contributed by atoms with Crippen LogP contribution in [0, 0.1) is 5.82 Å². The highest BCUT2D eigenvalue weighted by atomic mass is 19.1. The average Bonchev–Trinajstić information content (AvgIpc) is 2.93. The van der Waals surface area contributed by atoms with E-state index in [2.05, 4.69) is 12.2 Å². The van der Waals surface area contributed by atoms with Crippen molar-refractivity contribution in [2.45, 2.75) is 32.2 Å². The van der Waals surface area contributed by atoms with Crippen LogP contribution in [0.5, 0.6) is 0 Å². The first-order valence-corrected chi connectivity index (χ1v) is 6.81. The van der Waals surface area contributed by atoms with Gasteiger partial charge in [0.15, 0.2) is 0 Å². The Bertz CT molecular complexity index is 464. The lowest BCUT2D eigenvalue weighted by molar-refractivity contribution is 0.452. The first-order chi connectivity index (χ1) is 9.29. The minimum absolute atomic E-state index is 0.191. The van der Waals surface area contributed by atoms with Gasteiger partial charge in [-0.2, -0.15) is 0 Å². The van der Waals surface area contributed by atoms with Gasteiger partial charge in [-0.05, 0) is 49.2 Å². The van der Waals surface area contributed by atoms with E-state index in [1.807, 2.05) is 24.3 Å². The molecule has 0 fully saturated rings. The molecule has 0 radical (unpaired) electrons. The van der Waals surface area contributed by atoms with Crippen molar-refractivity contribution in [3.63, 3.8) is 0 Å². The van der Waals surface area contributed by atoms with Crippen LogP contribution in [0.3, 0.4) is 0 Å². The molecule has 0 spiro atoms. The van der Waals surface area contributed by atoms with Gasteiger partial charge in [0.25, 0.3) is 0 Å². The molecule has 1 heterocycles. The first-order valence-electron chi connectivity index (χ1n) is 6.81.